The van der Waals surface area contributed by atoms with Crippen molar-refractivity contribution in [2.24, 2.45) is 0 Å². The van der Waals surface area contributed by atoms with E-state index in [2.05, 4.69) is 15.6 Å². The maximum Gasteiger partial charge on any atom is 0.313 e. The molecule has 2 aromatic carbocycles. The third-order valence-electron chi connectivity index (χ3n) is 4.78. The molecule has 0 bridgehead atoms. The molecule has 29 heavy (non-hydrogen) atoms. The van der Waals surface area contributed by atoms with Gasteiger partial charge in [-0.15, -0.1) is 0 Å². The molecule has 4 aromatic rings. The lowest BCUT2D eigenvalue weighted by molar-refractivity contribution is -0.136. The fraction of sp³-hybridized carbons (Fsp3) is 0.174. The van der Waals surface area contributed by atoms with Gasteiger partial charge in [0.2, 0.25) is 0 Å². The average Bonchev–Trinajstić information content (AvgIpc) is 3.10. The second kappa shape index (κ2) is 8.14. The number of para-hydroxylation sites is 1. The number of fused-ring (bicyclic) bond motifs is 3. The predicted octanol–water partition coefficient (Wildman–Crippen LogP) is 4.06. The van der Waals surface area contributed by atoms with Gasteiger partial charge in [0.25, 0.3) is 0 Å². The van der Waals surface area contributed by atoms with E-state index in [0.29, 0.717) is 17.7 Å². The highest BCUT2D eigenvalue weighted by molar-refractivity contribution is 6.39. The van der Waals surface area contributed by atoms with Crippen LogP contribution in [0.25, 0.3) is 21.9 Å². The number of furan rings is 1. The van der Waals surface area contributed by atoms with Crippen LogP contribution in [0.3, 0.4) is 0 Å². The lowest BCUT2D eigenvalue weighted by Gasteiger charge is -2.13. The molecule has 2 amide bonds. The fourth-order valence-corrected chi connectivity index (χ4v) is 3.26. The summed E-state index contributed by atoms with van der Waals surface area (Å²) in [5, 5.41) is 7.34. The Morgan fingerprint density at radius 3 is 2.59 bits per heavy atom. The van der Waals surface area contributed by atoms with Crippen molar-refractivity contribution < 1.29 is 14.0 Å². The first-order valence-electron chi connectivity index (χ1n) is 9.53. The van der Waals surface area contributed by atoms with Gasteiger partial charge in [0, 0.05) is 40.5 Å². The Bertz CT molecular complexity index is 1170. The Hall–Kier alpha value is -3.67. The summed E-state index contributed by atoms with van der Waals surface area (Å²) >= 11 is 0. The standard InChI is InChI=1S/C23H21N3O3/c1-15(9-10-16-6-4-5-13-24-16)25-22(27)23(28)26-17-11-12-19-18-7-2-3-8-20(18)29-21(19)14-17/h2-8,11-15H,9-10H2,1H3,(H,25,27)(H,26,28). The summed E-state index contributed by atoms with van der Waals surface area (Å²) in [7, 11) is 0. The monoisotopic (exact) mass is 387 g/mol. The number of hydrogen-bond donors (Lipinski definition) is 2. The number of nitrogens with zero attached hydrogens (tertiary/aromatic N) is 1. The Morgan fingerprint density at radius 2 is 1.76 bits per heavy atom. The number of aryl methyl sites for hydroxylation is 1. The van der Waals surface area contributed by atoms with Gasteiger partial charge in [-0.2, -0.15) is 0 Å². The summed E-state index contributed by atoms with van der Waals surface area (Å²) < 4.78 is 5.82. The molecule has 6 heteroatoms. The molecule has 0 saturated carbocycles. The van der Waals surface area contributed by atoms with Crippen LogP contribution >= 0.6 is 0 Å². The van der Waals surface area contributed by atoms with Gasteiger partial charge < -0.3 is 15.1 Å². The van der Waals surface area contributed by atoms with Crippen LogP contribution in [0.5, 0.6) is 0 Å². The van der Waals surface area contributed by atoms with Crippen molar-refractivity contribution in [3.63, 3.8) is 0 Å². The SMILES string of the molecule is CC(CCc1ccccn1)NC(=O)C(=O)Nc1ccc2c(c1)oc1ccccc12. The zero-order valence-electron chi connectivity index (χ0n) is 16.0. The van der Waals surface area contributed by atoms with Crippen LogP contribution in [0, 0.1) is 0 Å². The molecule has 0 spiro atoms. The Morgan fingerprint density at radius 1 is 0.966 bits per heavy atom. The topological polar surface area (TPSA) is 84.2 Å². The zero-order valence-corrected chi connectivity index (χ0v) is 16.0. The minimum absolute atomic E-state index is 0.145. The number of carbonyl (C=O) groups excluding carboxylic acids is 2. The average molecular weight is 387 g/mol. The van der Waals surface area contributed by atoms with Crippen molar-refractivity contribution in [2.45, 2.75) is 25.8 Å². The predicted molar refractivity (Wildman–Crippen MR) is 113 cm³/mol. The molecule has 4 rings (SSSR count). The maximum atomic E-state index is 12.3. The number of amides is 2. The summed E-state index contributed by atoms with van der Waals surface area (Å²) in [6.45, 7) is 1.87. The van der Waals surface area contributed by atoms with E-state index in [9.17, 15) is 9.59 Å². The Labute approximate surface area is 167 Å². The molecule has 0 saturated heterocycles. The van der Waals surface area contributed by atoms with Gasteiger partial charge in [-0.3, -0.25) is 14.6 Å². The first-order valence-corrected chi connectivity index (χ1v) is 9.53. The van der Waals surface area contributed by atoms with Crippen LogP contribution in [0.2, 0.25) is 0 Å². The number of rotatable bonds is 5. The Kier molecular flexibility index (Phi) is 5.24. The number of aromatic nitrogens is 1. The van der Waals surface area contributed by atoms with Crippen LogP contribution < -0.4 is 10.6 Å². The summed E-state index contributed by atoms with van der Waals surface area (Å²) in [5.41, 5.74) is 2.91. The number of nitrogens with one attached hydrogen (secondary N) is 2. The van der Waals surface area contributed by atoms with Crippen LogP contribution in [-0.4, -0.2) is 22.8 Å². The Balaban J connectivity index is 1.36. The summed E-state index contributed by atoms with van der Waals surface area (Å²) in [5.74, 6) is -1.37. The highest BCUT2D eigenvalue weighted by Crippen LogP contribution is 2.30. The molecule has 2 heterocycles. The lowest BCUT2D eigenvalue weighted by Crippen LogP contribution is -2.40. The molecule has 0 aliphatic carbocycles. The lowest BCUT2D eigenvalue weighted by atomic mass is 10.1. The highest BCUT2D eigenvalue weighted by Gasteiger charge is 2.17. The molecule has 146 valence electrons. The molecular weight excluding hydrogens is 366 g/mol. The summed E-state index contributed by atoms with van der Waals surface area (Å²) in [6.07, 6.45) is 3.17. The second-order valence-electron chi connectivity index (χ2n) is 7.00. The molecule has 6 nitrogen and oxygen atoms in total. The third kappa shape index (κ3) is 4.27. The zero-order chi connectivity index (χ0) is 20.2. The van der Waals surface area contributed by atoms with Crippen molar-refractivity contribution in [3.8, 4) is 0 Å². The molecule has 0 fully saturated rings. The van der Waals surface area contributed by atoms with Gasteiger partial charge in [0.05, 0.1) is 0 Å². The molecule has 2 N–H and O–H groups in total. The fourth-order valence-electron chi connectivity index (χ4n) is 3.26. The number of pyridine rings is 1. The van der Waals surface area contributed by atoms with Crippen LogP contribution in [0.15, 0.2) is 71.3 Å². The van der Waals surface area contributed by atoms with Gasteiger partial charge in [-0.05, 0) is 50.1 Å². The second-order valence-corrected chi connectivity index (χ2v) is 7.00. The van der Waals surface area contributed by atoms with Crippen molar-refractivity contribution in [1.29, 1.82) is 0 Å². The normalized spacial score (nSPS) is 12.0. The largest absolute Gasteiger partial charge is 0.456 e. The van der Waals surface area contributed by atoms with Gasteiger partial charge >= 0.3 is 11.8 Å². The number of benzene rings is 2. The van der Waals surface area contributed by atoms with Crippen molar-refractivity contribution >= 4 is 39.4 Å². The molecule has 0 radical (unpaired) electrons. The van der Waals surface area contributed by atoms with E-state index in [0.717, 1.165) is 28.5 Å². The van der Waals surface area contributed by atoms with E-state index in [4.69, 9.17) is 4.42 Å². The molecule has 0 aliphatic rings. The first-order chi connectivity index (χ1) is 14.1. The van der Waals surface area contributed by atoms with Gasteiger partial charge in [-0.25, -0.2) is 0 Å². The minimum Gasteiger partial charge on any atom is -0.456 e. The van der Waals surface area contributed by atoms with E-state index in [1.807, 2.05) is 55.5 Å². The quantitative estimate of drug-likeness (QED) is 0.506. The van der Waals surface area contributed by atoms with Gasteiger partial charge in [-0.1, -0.05) is 24.3 Å². The van der Waals surface area contributed by atoms with Crippen molar-refractivity contribution in [2.75, 3.05) is 5.32 Å². The van der Waals surface area contributed by atoms with E-state index in [1.54, 1.807) is 18.3 Å². The van der Waals surface area contributed by atoms with Gasteiger partial charge in [0.15, 0.2) is 0 Å². The molecule has 0 aliphatic heterocycles. The first kappa shape index (κ1) is 18.7. The maximum absolute atomic E-state index is 12.3. The van der Waals surface area contributed by atoms with Crippen LogP contribution in [0.1, 0.15) is 19.0 Å². The summed E-state index contributed by atoms with van der Waals surface area (Å²) in [6, 6.07) is 18.7. The minimum atomic E-state index is -0.704. The van der Waals surface area contributed by atoms with E-state index >= 15 is 0 Å². The van der Waals surface area contributed by atoms with E-state index in [1.165, 1.54) is 0 Å². The van der Waals surface area contributed by atoms with Crippen molar-refractivity contribution in [3.05, 3.63) is 72.6 Å². The van der Waals surface area contributed by atoms with Crippen LogP contribution in [-0.2, 0) is 16.0 Å². The molecule has 2 aromatic heterocycles. The van der Waals surface area contributed by atoms with E-state index < -0.39 is 11.8 Å². The van der Waals surface area contributed by atoms with E-state index in [-0.39, 0.29) is 6.04 Å². The molecular formula is C23H21N3O3. The highest BCUT2D eigenvalue weighted by atomic mass is 16.3. The number of carbonyl (C=O) groups is 2. The smallest absolute Gasteiger partial charge is 0.313 e. The molecule has 1 atom stereocenters. The van der Waals surface area contributed by atoms with Crippen LogP contribution in [0.4, 0.5) is 5.69 Å². The van der Waals surface area contributed by atoms with Crippen molar-refractivity contribution in [1.82, 2.24) is 10.3 Å². The number of hydrogen-bond acceptors (Lipinski definition) is 4. The summed E-state index contributed by atoms with van der Waals surface area (Å²) in [4.78, 5) is 28.7. The van der Waals surface area contributed by atoms with Gasteiger partial charge in [0.1, 0.15) is 11.2 Å². The third-order valence-corrected chi connectivity index (χ3v) is 4.78. The molecule has 1 unspecified atom stereocenters. The number of anilines is 1.